The zero-order valence-corrected chi connectivity index (χ0v) is 10.7. The topological polar surface area (TPSA) is 60.8 Å². The van der Waals surface area contributed by atoms with Crippen LogP contribution < -0.4 is 0 Å². The van der Waals surface area contributed by atoms with Crippen molar-refractivity contribution in [2.45, 2.75) is 24.9 Å². The molecule has 1 saturated heterocycles. The van der Waals surface area contributed by atoms with Crippen LogP contribution in [0, 0.1) is 0 Å². The second-order valence-corrected chi connectivity index (χ2v) is 5.10. The number of likely N-dealkylation sites (tertiary alicyclic amines) is 1. The molecule has 1 amide bonds. The van der Waals surface area contributed by atoms with Crippen LogP contribution in [0.15, 0.2) is 24.3 Å². The van der Waals surface area contributed by atoms with E-state index in [1.165, 1.54) is 4.90 Å². The molecule has 0 spiro atoms. The summed E-state index contributed by atoms with van der Waals surface area (Å²) in [5, 5.41) is 20.2. The molecule has 1 aliphatic heterocycles. The molecule has 1 aromatic carbocycles. The van der Waals surface area contributed by atoms with Crippen molar-refractivity contribution in [3.63, 3.8) is 0 Å². The predicted molar refractivity (Wildman–Crippen MR) is 68.8 cm³/mol. The number of nitrogens with zero attached hydrogens (tertiary/aromatic N) is 1. The maximum absolute atomic E-state index is 10.9. The predicted octanol–water partition coefficient (Wildman–Crippen LogP) is 2.69. The molecule has 1 fully saturated rings. The minimum Gasteiger partial charge on any atom is -0.465 e. The first-order valence-electron chi connectivity index (χ1n) is 5.97. The van der Waals surface area contributed by atoms with Crippen LogP contribution in [0.25, 0.3) is 0 Å². The Bertz CT molecular complexity index is 434. The lowest BCUT2D eigenvalue weighted by Crippen LogP contribution is -2.32. The molecule has 0 aromatic heterocycles. The number of carboxylic acid groups (broad SMARTS) is 1. The van der Waals surface area contributed by atoms with Gasteiger partial charge in [0.05, 0.1) is 5.60 Å². The van der Waals surface area contributed by atoms with Crippen LogP contribution in [0.1, 0.15) is 24.8 Å². The fourth-order valence-electron chi connectivity index (χ4n) is 2.36. The van der Waals surface area contributed by atoms with Gasteiger partial charge in [0.15, 0.2) is 0 Å². The number of halogens is 1. The van der Waals surface area contributed by atoms with Gasteiger partial charge in [-0.15, -0.1) is 0 Å². The van der Waals surface area contributed by atoms with Crippen molar-refractivity contribution < 1.29 is 15.0 Å². The van der Waals surface area contributed by atoms with Crippen molar-refractivity contribution in [3.05, 3.63) is 34.9 Å². The monoisotopic (exact) mass is 269 g/mol. The van der Waals surface area contributed by atoms with Crippen LogP contribution in [-0.4, -0.2) is 34.3 Å². The standard InChI is InChI=1S/C13H16ClNO3/c14-11-4-2-10(3-5-11)13(18)6-1-8-15(9-7-13)12(16)17/h2-5,18H,1,6-9H2,(H,16,17). The largest absolute Gasteiger partial charge is 0.465 e. The summed E-state index contributed by atoms with van der Waals surface area (Å²) in [6.45, 7) is 0.833. The smallest absolute Gasteiger partial charge is 0.407 e. The lowest BCUT2D eigenvalue weighted by atomic mass is 9.87. The van der Waals surface area contributed by atoms with Crippen LogP contribution in [0.5, 0.6) is 0 Å². The second kappa shape index (κ2) is 5.16. The highest BCUT2D eigenvalue weighted by Gasteiger charge is 2.32. The van der Waals surface area contributed by atoms with Gasteiger partial charge in [0, 0.05) is 18.1 Å². The normalized spacial score (nSPS) is 24.7. The Kier molecular flexibility index (Phi) is 3.78. The van der Waals surface area contributed by atoms with Crippen LogP contribution in [0.3, 0.4) is 0 Å². The molecule has 98 valence electrons. The van der Waals surface area contributed by atoms with E-state index in [1.807, 2.05) is 0 Å². The SMILES string of the molecule is O=C(O)N1CCCC(O)(c2ccc(Cl)cc2)CC1. The maximum atomic E-state index is 10.9. The lowest BCUT2D eigenvalue weighted by Gasteiger charge is -2.27. The van der Waals surface area contributed by atoms with E-state index >= 15 is 0 Å². The summed E-state index contributed by atoms with van der Waals surface area (Å²) in [4.78, 5) is 12.3. The molecule has 18 heavy (non-hydrogen) atoms. The first kappa shape index (κ1) is 13.2. The Morgan fingerprint density at radius 3 is 2.50 bits per heavy atom. The minimum absolute atomic E-state index is 0.356. The highest BCUT2D eigenvalue weighted by Crippen LogP contribution is 2.33. The average Bonchev–Trinajstić information content (AvgIpc) is 2.53. The Hall–Kier alpha value is -1.26. The van der Waals surface area contributed by atoms with Crippen LogP contribution >= 0.6 is 11.6 Å². The van der Waals surface area contributed by atoms with E-state index in [2.05, 4.69) is 0 Å². The Morgan fingerprint density at radius 2 is 1.89 bits per heavy atom. The molecular formula is C13H16ClNO3. The highest BCUT2D eigenvalue weighted by molar-refractivity contribution is 6.30. The molecule has 2 N–H and O–H groups in total. The molecule has 0 aliphatic carbocycles. The van der Waals surface area contributed by atoms with E-state index in [0.29, 0.717) is 37.4 Å². The fraction of sp³-hybridized carbons (Fsp3) is 0.462. The molecule has 0 saturated carbocycles. The van der Waals surface area contributed by atoms with E-state index in [9.17, 15) is 9.90 Å². The zero-order chi connectivity index (χ0) is 13.2. The molecule has 0 bridgehead atoms. The van der Waals surface area contributed by atoms with Gasteiger partial charge in [0.2, 0.25) is 0 Å². The van der Waals surface area contributed by atoms with Crippen LogP contribution in [0.2, 0.25) is 5.02 Å². The molecule has 1 aromatic rings. The van der Waals surface area contributed by atoms with Crippen molar-refractivity contribution >= 4 is 17.7 Å². The number of hydrogen-bond acceptors (Lipinski definition) is 2. The maximum Gasteiger partial charge on any atom is 0.407 e. The summed E-state index contributed by atoms with van der Waals surface area (Å²) < 4.78 is 0. The van der Waals surface area contributed by atoms with Crippen molar-refractivity contribution in [2.75, 3.05) is 13.1 Å². The van der Waals surface area contributed by atoms with E-state index in [1.54, 1.807) is 24.3 Å². The highest BCUT2D eigenvalue weighted by atomic mass is 35.5. The Morgan fingerprint density at radius 1 is 1.22 bits per heavy atom. The quantitative estimate of drug-likeness (QED) is 0.824. The van der Waals surface area contributed by atoms with Crippen molar-refractivity contribution in [2.24, 2.45) is 0 Å². The van der Waals surface area contributed by atoms with Gasteiger partial charge in [-0.2, -0.15) is 0 Å². The molecule has 2 rings (SSSR count). The molecule has 1 unspecified atom stereocenters. The number of hydrogen-bond donors (Lipinski definition) is 2. The van der Waals surface area contributed by atoms with Gasteiger partial charge in [-0.1, -0.05) is 23.7 Å². The zero-order valence-electron chi connectivity index (χ0n) is 9.97. The third-order valence-electron chi connectivity index (χ3n) is 3.47. The molecular weight excluding hydrogens is 254 g/mol. The van der Waals surface area contributed by atoms with Gasteiger partial charge in [-0.3, -0.25) is 0 Å². The Labute approximate surface area is 111 Å². The molecule has 4 nitrogen and oxygen atoms in total. The van der Waals surface area contributed by atoms with Gasteiger partial charge >= 0.3 is 6.09 Å². The van der Waals surface area contributed by atoms with Gasteiger partial charge in [-0.05, 0) is 37.0 Å². The van der Waals surface area contributed by atoms with Gasteiger partial charge in [0.25, 0.3) is 0 Å². The second-order valence-electron chi connectivity index (χ2n) is 4.66. The van der Waals surface area contributed by atoms with Crippen molar-refractivity contribution in [1.82, 2.24) is 4.90 Å². The molecule has 1 aliphatic rings. The molecule has 0 radical (unpaired) electrons. The molecule has 1 heterocycles. The lowest BCUT2D eigenvalue weighted by molar-refractivity contribution is 0.0216. The van der Waals surface area contributed by atoms with E-state index in [4.69, 9.17) is 16.7 Å². The van der Waals surface area contributed by atoms with E-state index in [0.717, 1.165) is 5.56 Å². The van der Waals surface area contributed by atoms with E-state index < -0.39 is 11.7 Å². The molecule has 5 heteroatoms. The van der Waals surface area contributed by atoms with E-state index in [-0.39, 0.29) is 0 Å². The number of rotatable bonds is 1. The van der Waals surface area contributed by atoms with Gasteiger partial charge < -0.3 is 15.1 Å². The van der Waals surface area contributed by atoms with Crippen LogP contribution in [-0.2, 0) is 5.60 Å². The average molecular weight is 270 g/mol. The summed E-state index contributed by atoms with van der Waals surface area (Å²) in [5.74, 6) is 0. The number of aliphatic hydroxyl groups is 1. The number of amides is 1. The summed E-state index contributed by atoms with van der Waals surface area (Å²) in [6, 6.07) is 7.10. The third kappa shape index (κ3) is 2.76. The number of carbonyl (C=O) groups is 1. The third-order valence-corrected chi connectivity index (χ3v) is 3.72. The van der Waals surface area contributed by atoms with Gasteiger partial charge in [0.1, 0.15) is 0 Å². The summed E-state index contributed by atoms with van der Waals surface area (Å²) >= 11 is 5.83. The first-order valence-corrected chi connectivity index (χ1v) is 6.35. The first-order chi connectivity index (χ1) is 8.51. The fourth-order valence-corrected chi connectivity index (χ4v) is 2.49. The summed E-state index contributed by atoms with van der Waals surface area (Å²) in [7, 11) is 0. The summed E-state index contributed by atoms with van der Waals surface area (Å²) in [5.41, 5.74) is -0.145. The van der Waals surface area contributed by atoms with Crippen LogP contribution in [0.4, 0.5) is 4.79 Å². The Balaban J connectivity index is 2.16. The number of benzene rings is 1. The molecule has 1 atom stereocenters. The van der Waals surface area contributed by atoms with Crippen molar-refractivity contribution in [3.8, 4) is 0 Å². The summed E-state index contributed by atoms with van der Waals surface area (Å²) in [6.07, 6.45) is 0.723. The van der Waals surface area contributed by atoms with Gasteiger partial charge in [-0.25, -0.2) is 4.79 Å². The minimum atomic E-state index is -0.950. The van der Waals surface area contributed by atoms with Crippen molar-refractivity contribution in [1.29, 1.82) is 0 Å².